The van der Waals surface area contributed by atoms with Crippen molar-refractivity contribution in [2.75, 3.05) is 18.8 Å². The number of carbonyl (C=O) groups excluding carboxylic acids is 3. The number of benzene rings is 1. The number of fused-ring (bicyclic) bond motifs is 1. The van der Waals surface area contributed by atoms with E-state index in [4.69, 9.17) is 0 Å². The Morgan fingerprint density at radius 2 is 1.97 bits per heavy atom. The molecule has 3 amide bonds. The van der Waals surface area contributed by atoms with Gasteiger partial charge in [-0.1, -0.05) is 42.1 Å². The van der Waals surface area contributed by atoms with E-state index in [0.29, 0.717) is 27.2 Å². The van der Waals surface area contributed by atoms with Gasteiger partial charge in [0.15, 0.2) is 0 Å². The number of nitrogens with zero attached hydrogens (tertiary/aromatic N) is 3. The quantitative estimate of drug-likeness (QED) is 0.628. The third-order valence-corrected chi connectivity index (χ3v) is 6.84. The first kappa shape index (κ1) is 20.3. The van der Waals surface area contributed by atoms with E-state index in [2.05, 4.69) is 10.3 Å². The first-order valence-electron chi connectivity index (χ1n) is 9.23. The second-order valence-corrected chi connectivity index (χ2v) is 8.68. The van der Waals surface area contributed by atoms with Crippen molar-refractivity contribution >= 4 is 50.4 Å². The summed E-state index contributed by atoms with van der Waals surface area (Å²) < 4.78 is 1.53. The van der Waals surface area contributed by atoms with Gasteiger partial charge in [0.05, 0.1) is 28.9 Å². The summed E-state index contributed by atoms with van der Waals surface area (Å²) in [6, 6.07) is 9.60. The van der Waals surface area contributed by atoms with Crippen molar-refractivity contribution in [2.45, 2.75) is 13.5 Å². The van der Waals surface area contributed by atoms with Gasteiger partial charge in [-0.3, -0.25) is 28.6 Å². The maximum atomic E-state index is 13.0. The number of thioether (sulfide) groups is 1. The van der Waals surface area contributed by atoms with E-state index in [-0.39, 0.29) is 41.5 Å². The van der Waals surface area contributed by atoms with Gasteiger partial charge in [0, 0.05) is 13.1 Å². The van der Waals surface area contributed by atoms with Crippen LogP contribution in [0.3, 0.4) is 0 Å². The molecule has 4 rings (SSSR count). The molecule has 0 aliphatic carbocycles. The van der Waals surface area contributed by atoms with Crippen LogP contribution in [0.2, 0.25) is 0 Å². The number of carbonyl (C=O) groups is 3. The van der Waals surface area contributed by atoms with Gasteiger partial charge < -0.3 is 5.32 Å². The van der Waals surface area contributed by atoms with Crippen LogP contribution in [-0.2, 0) is 11.3 Å². The lowest BCUT2D eigenvalue weighted by atomic mass is 10.2. The van der Waals surface area contributed by atoms with E-state index in [9.17, 15) is 19.2 Å². The summed E-state index contributed by atoms with van der Waals surface area (Å²) in [6.07, 6.45) is 1.50. The van der Waals surface area contributed by atoms with Crippen LogP contribution in [0.5, 0.6) is 0 Å². The summed E-state index contributed by atoms with van der Waals surface area (Å²) in [5.74, 6) is -0.458. The van der Waals surface area contributed by atoms with E-state index in [1.165, 1.54) is 10.9 Å². The highest BCUT2D eigenvalue weighted by Gasteiger charge is 2.29. The lowest BCUT2D eigenvalue weighted by Crippen LogP contribution is -2.37. The molecule has 3 aromatic rings. The zero-order valence-corrected chi connectivity index (χ0v) is 17.7. The average Bonchev–Trinajstić information content (AvgIpc) is 3.25. The summed E-state index contributed by atoms with van der Waals surface area (Å²) in [5.41, 5.74) is 1.37. The molecule has 0 bridgehead atoms. The Morgan fingerprint density at radius 1 is 1.20 bits per heavy atom. The Balaban J connectivity index is 1.52. The molecule has 10 heteroatoms. The molecule has 0 atom stereocenters. The van der Waals surface area contributed by atoms with Crippen LogP contribution in [0.15, 0.2) is 41.5 Å². The average molecular weight is 443 g/mol. The molecule has 1 fully saturated rings. The fraction of sp³-hybridized carbons (Fsp3) is 0.250. The molecule has 1 N–H and O–H groups in total. The van der Waals surface area contributed by atoms with Crippen molar-refractivity contribution in [1.29, 1.82) is 0 Å². The number of thiophene rings is 1. The Labute approximate surface area is 179 Å². The number of aryl methyl sites for hydroxylation is 1. The number of hydrogen-bond acceptors (Lipinski definition) is 7. The molecule has 0 radical (unpaired) electrons. The number of amides is 3. The number of imide groups is 1. The Morgan fingerprint density at radius 3 is 2.67 bits per heavy atom. The molecule has 1 aromatic carbocycles. The van der Waals surface area contributed by atoms with E-state index in [1.54, 1.807) is 6.92 Å². The van der Waals surface area contributed by atoms with Gasteiger partial charge in [-0.25, -0.2) is 4.98 Å². The largest absolute Gasteiger partial charge is 0.350 e. The molecular formula is C20H18N4O4S2. The van der Waals surface area contributed by atoms with Crippen molar-refractivity contribution in [3.05, 3.63) is 63.0 Å². The van der Waals surface area contributed by atoms with Crippen molar-refractivity contribution in [3.63, 3.8) is 0 Å². The second kappa shape index (κ2) is 8.41. The van der Waals surface area contributed by atoms with Crippen LogP contribution in [0.1, 0.15) is 20.8 Å². The van der Waals surface area contributed by atoms with E-state index < -0.39 is 0 Å². The Kier molecular flexibility index (Phi) is 5.69. The summed E-state index contributed by atoms with van der Waals surface area (Å²) in [6.45, 7) is 2.40. The second-order valence-electron chi connectivity index (χ2n) is 6.76. The lowest BCUT2D eigenvalue weighted by Gasteiger charge is -2.12. The van der Waals surface area contributed by atoms with Gasteiger partial charge >= 0.3 is 0 Å². The first-order valence-corrected chi connectivity index (χ1v) is 11.0. The van der Waals surface area contributed by atoms with Gasteiger partial charge in [-0.2, -0.15) is 0 Å². The van der Waals surface area contributed by atoms with Crippen molar-refractivity contribution in [2.24, 2.45) is 0 Å². The smallest absolute Gasteiger partial charge is 0.288 e. The molecular weight excluding hydrogens is 424 g/mol. The Bertz CT molecular complexity index is 1190. The van der Waals surface area contributed by atoms with Crippen LogP contribution in [0.4, 0.5) is 4.79 Å². The van der Waals surface area contributed by atoms with Gasteiger partial charge in [0.2, 0.25) is 5.91 Å². The normalized spacial score (nSPS) is 14.0. The molecule has 0 spiro atoms. The predicted molar refractivity (Wildman–Crippen MR) is 116 cm³/mol. The Hall–Kier alpha value is -2.98. The molecule has 0 saturated carbocycles. The van der Waals surface area contributed by atoms with Gasteiger partial charge in [-0.05, 0) is 18.1 Å². The van der Waals surface area contributed by atoms with Crippen LogP contribution in [0.25, 0.3) is 10.2 Å². The molecule has 1 aliphatic rings. The van der Waals surface area contributed by atoms with E-state index in [0.717, 1.165) is 33.6 Å². The molecule has 3 heterocycles. The van der Waals surface area contributed by atoms with Crippen LogP contribution >= 0.6 is 23.1 Å². The van der Waals surface area contributed by atoms with E-state index >= 15 is 0 Å². The van der Waals surface area contributed by atoms with Crippen LogP contribution < -0.4 is 10.9 Å². The zero-order chi connectivity index (χ0) is 21.3. The maximum absolute atomic E-state index is 13.0. The third kappa shape index (κ3) is 3.88. The topological polar surface area (TPSA) is 101 Å². The third-order valence-electron chi connectivity index (χ3n) is 4.78. The van der Waals surface area contributed by atoms with Crippen molar-refractivity contribution in [3.8, 4) is 0 Å². The van der Waals surface area contributed by atoms with Crippen LogP contribution in [0, 0.1) is 6.92 Å². The minimum absolute atomic E-state index is 0.127. The minimum Gasteiger partial charge on any atom is -0.350 e. The summed E-state index contributed by atoms with van der Waals surface area (Å²) >= 11 is 2.12. The van der Waals surface area contributed by atoms with Crippen LogP contribution in [-0.4, -0.2) is 50.3 Å². The highest BCUT2D eigenvalue weighted by molar-refractivity contribution is 8.14. The van der Waals surface area contributed by atoms with E-state index in [1.807, 2.05) is 30.3 Å². The lowest BCUT2D eigenvalue weighted by molar-refractivity contribution is -0.124. The summed E-state index contributed by atoms with van der Waals surface area (Å²) in [4.78, 5) is 55.2. The fourth-order valence-electron chi connectivity index (χ4n) is 3.23. The standard InChI is InChI=1S/C20H18N4O4S2/c1-12-15-18(22-11-23(19(15)27)9-13-5-3-2-4-6-13)30-16(12)17(26)21-7-8-24-14(25)10-29-20(24)28/h2-6,11H,7-10H2,1H3,(H,21,26). The predicted octanol–water partition coefficient (Wildman–Crippen LogP) is 2.24. The molecule has 30 heavy (non-hydrogen) atoms. The highest BCUT2D eigenvalue weighted by atomic mass is 32.2. The molecule has 1 saturated heterocycles. The molecule has 0 unspecified atom stereocenters. The summed E-state index contributed by atoms with van der Waals surface area (Å²) in [7, 11) is 0. The number of rotatable bonds is 6. The molecule has 1 aliphatic heterocycles. The van der Waals surface area contributed by atoms with Gasteiger partial charge in [0.1, 0.15) is 4.83 Å². The van der Waals surface area contributed by atoms with Crippen molar-refractivity contribution in [1.82, 2.24) is 19.8 Å². The van der Waals surface area contributed by atoms with Crippen molar-refractivity contribution < 1.29 is 14.4 Å². The zero-order valence-electron chi connectivity index (χ0n) is 16.1. The van der Waals surface area contributed by atoms with Gasteiger partial charge in [0.25, 0.3) is 16.7 Å². The molecule has 154 valence electrons. The molecule has 8 nitrogen and oxygen atoms in total. The minimum atomic E-state index is -0.351. The molecule has 2 aromatic heterocycles. The number of aromatic nitrogens is 2. The number of nitrogens with one attached hydrogen (secondary N) is 1. The summed E-state index contributed by atoms with van der Waals surface area (Å²) in [5, 5.41) is 2.86. The first-order chi connectivity index (χ1) is 14.5. The SMILES string of the molecule is Cc1c(C(=O)NCCN2C(=O)CSC2=O)sc2ncn(Cc3ccccc3)c(=O)c12. The monoisotopic (exact) mass is 442 g/mol. The highest BCUT2D eigenvalue weighted by Crippen LogP contribution is 2.26. The fourth-order valence-corrected chi connectivity index (χ4v) is 5.03. The maximum Gasteiger partial charge on any atom is 0.288 e. The van der Waals surface area contributed by atoms with Gasteiger partial charge in [-0.15, -0.1) is 11.3 Å². The number of hydrogen-bond donors (Lipinski definition) is 1.